The molecule has 0 aromatic heterocycles. The van der Waals surface area contributed by atoms with Crippen LogP contribution in [0.25, 0.3) is 0 Å². The molecule has 41 heavy (non-hydrogen) atoms. The maximum absolute atomic E-state index is 12.4. The third-order valence-corrected chi connectivity index (χ3v) is 5.80. The van der Waals surface area contributed by atoms with Gasteiger partial charge in [-0.15, -0.1) is 0 Å². The Hall–Kier alpha value is -5.44. The number of aliphatic carboxylic acids is 1. The van der Waals surface area contributed by atoms with E-state index in [0.29, 0.717) is 39.5 Å². The average Bonchev–Trinajstić information content (AvgIpc) is 2.93. The first kappa shape index (κ1) is 28.6. The van der Waals surface area contributed by atoms with Gasteiger partial charge in [-0.3, -0.25) is 19.2 Å². The summed E-state index contributed by atoms with van der Waals surface area (Å²) in [5, 5.41) is 18.1. The fraction of sp³-hybridized carbons (Fsp3) is 0.125. The molecule has 0 amide bonds. The number of phenols is 1. The molecule has 0 saturated carbocycles. The van der Waals surface area contributed by atoms with Gasteiger partial charge in [-0.2, -0.15) is 0 Å². The van der Waals surface area contributed by atoms with Crippen LogP contribution in [0, 0.1) is 0 Å². The molecule has 0 radical (unpaired) electrons. The van der Waals surface area contributed by atoms with Crippen molar-refractivity contribution in [1.82, 2.24) is 0 Å². The van der Waals surface area contributed by atoms with Crippen molar-refractivity contribution >= 4 is 23.9 Å². The van der Waals surface area contributed by atoms with Crippen molar-refractivity contribution in [3.63, 3.8) is 0 Å². The number of esters is 3. The standard InChI is InChI=1S/C32H26O9/c33-25-9-1-22(2-10-25)18-30(36)40-27-13-5-24(6-14-27)20-32(38)41-28-15-7-23(8-16-28)19-31(37)39-26-11-3-21(4-12-26)17-29(34)35/h1-16,33H,17-20H2,(H,34,35). The van der Waals surface area contributed by atoms with E-state index in [9.17, 15) is 24.3 Å². The number of carbonyl (C=O) groups excluding carboxylic acids is 3. The number of ether oxygens (including phenoxy) is 3. The molecule has 0 aliphatic heterocycles. The normalized spacial score (nSPS) is 10.4. The van der Waals surface area contributed by atoms with Crippen molar-refractivity contribution in [2.24, 2.45) is 0 Å². The van der Waals surface area contributed by atoms with Crippen molar-refractivity contribution in [3.8, 4) is 23.0 Å². The number of carboxylic acid groups (broad SMARTS) is 1. The predicted molar refractivity (Wildman–Crippen MR) is 147 cm³/mol. The van der Waals surface area contributed by atoms with Crippen LogP contribution in [0.1, 0.15) is 22.3 Å². The van der Waals surface area contributed by atoms with Gasteiger partial charge in [0.2, 0.25) is 0 Å². The Balaban J connectivity index is 1.21. The Bertz CT molecular complexity index is 1510. The zero-order valence-electron chi connectivity index (χ0n) is 21.8. The molecule has 2 N–H and O–H groups in total. The molecule has 9 heteroatoms. The number of hydrogen-bond donors (Lipinski definition) is 2. The summed E-state index contributed by atoms with van der Waals surface area (Å²) >= 11 is 0. The summed E-state index contributed by atoms with van der Waals surface area (Å²) < 4.78 is 16.0. The van der Waals surface area contributed by atoms with Gasteiger partial charge in [-0.1, -0.05) is 48.5 Å². The third kappa shape index (κ3) is 9.36. The van der Waals surface area contributed by atoms with Gasteiger partial charge in [-0.25, -0.2) is 0 Å². The van der Waals surface area contributed by atoms with Gasteiger partial charge >= 0.3 is 23.9 Å². The lowest BCUT2D eigenvalue weighted by molar-refractivity contribution is -0.136. The van der Waals surface area contributed by atoms with Crippen LogP contribution < -0.4 is 14.2 Å². The van der Waals surface area contributed by atoms with Crippen LogP contribution in [0.5, 0.6) is 23.0 Å². The molecule has 0 spiro atoms. The highest BCUT2D eigenvalue weighted by atomic mass is 16.5. The Kier molecular flexibility index (Phi) is 9.45. The minimum Gasteiger partial charge on any atom is -0.508 e. The van der Waals surface area contributed by atoms with E-state index in [0.717, 1.165) is 0 Å². The van der Waals surface area contributed by atoms with Crippen molar-refractivity contribution in [3.05, 3.63) is 119 Å². The number of benzene rings is 4. The quantitative estimate of drug-likeness (QED) is 0.203. The monoisotopic (exact) mass is 554 g/mol. The van der Waals surface area contributed by atoms with Crippen LogP contribution in [0.2, 0.25) is 0 Å². The summed E-state index contributed by atoms with van der Waals surface area (Å²) in [4.78, 5) is 47.5. The largest absolute Gasteiger partial charge is 0.508 e. The Morgan fingerprint density at radius 3 is 1.00 bits per heavy atom. The minimum atomic E-state index is -0.943. The van der Waals surface area contributed by atoms with Gasteiger partial charge in [0.1, 0.15) is 23.0 Å². The first-order chi connectivity index (χ1) is 19.7. The third-order valence-electron chi connectivity index (χ3n) is 5.80. The van der Waals surface area contributed by atoms with Gasteiger partial charge in [0, 0.05) is 0 Å². The summed E-state index contributed by atoms with van der Waals surface area (Å²) in [6.45, 7) is 0. The molecule has 0 aliphatic carbocycles. The van der Waals surface area contributed by atoms with Crippen molar-refractivity contribution in [2.45, 2.75) is 25.7 Å². The van der Waals surface area contributed by atoms with E-state index >= 15 is 0 Å². The van der Waals surface area contributed by atoms with Crippen LogP contribution in [0.3, 0.4) is 0 Å². The van der Waals surface area contributed by atoms with E-state index in [1.807, 2.05) is 0 Å². The first-order valence-corrected chi connectivity index (χ1v) is 12.6. The van der Waals surface area contributed by atoms with Crippen molar-refractivity contribution in [2.75, 3.05) is 0 Å². The fourth-order valence-electron chi connectivity index (χ4n) is 3.82. The molecule has 0 bridgehead atoms. The Morgan fingerprint density at radius 2 is 0.707 bits per heavy atom. The number of phenolic OH excluding ortho intramolecular Hbond substituents is 1. The van der Waals surface area contributed by atoms with Gasteiger partial charge in [0.05, 0.1) is 25.7 Å². The summed E-state index contributed by atoms with van der Waals surface area (Å²) in [6, 6.07) is 25.5. The van der Waals surface area contributed by atoms with Gasteiger partial charge in [0.15, 0.2) is 0 Å². The highest BCUT2D eigenvalue weighted by molar-refractivity contribution is 5.77. The molecule has 9 nitrogen and oxygen atoms in total. The molecule has 0 fully saturated rings. The number of aromatic hydroxyl groups is 1. The second-order valence-electron chi connectivity index (χ2n) is 9.12. The van der Waals surface area contributed by atoms with E-state index < -0.39 is 23.9 Å². The lowest BCUT2D eigenvalue weighted by Gasteiger charge is -2.08. The number of rotatable bonds is 11. The average molecular weight is 555 g/mol. The summed E-state index contributed by atoms with van der Waals surface area (Å²) in [7, 11) is 0. The molecule has 4 rings (SSSR count). The molecule has 0 aliphatic rings. The summed E-state index contributed by atoms with van der Waals surface area (Å²) in [5.74, 6) is -1.28. The zero-order valence-corrected chi connectivity index (χ0v) is 21.8. The molecule has 4 aromatic carbocycles. The minimum absolute atomic E-state index is 0.00106. The van der Waals surface area contributed by atoms with Crippen LogP contribution in [-0.4, -0.2) is 34.1 Å². The molecule has 4 aromatic rings. The van der Waals surface area contributed by atoms with Crippen LogP contribution >= 0.6 is 0 Å². The topological polar surface area (TPSA) is 136 Å². The number of carboxylic acids is 1. The second kappa shape index (κ2) is 13.6. The smallest absolute Gasteiger partial charge is 0.315 e. The molecule has 0 atom stereocenters. The van der Waals surface area contributed by atoms with Crippen LogP contribution in [-0.2, 0) is 44.9 Å². The zero-order chi connectivity index (χ0) is 29.2. The van der Waals surface area contributed by atoms with E-state index in [2.05, 4.69) is 0 Å². The highest BCUT2D eigenvalue weighted by Gasteiger charge is 2.11. The van der Waals surface area contributed by atoms with Crippen molar-refractivity contribution < 1.29 is 43.6 Å². The lowest BCUT2D eigenvalue weighted by Crippen LogP contribution is -2.13. The van der Waals surface area contributed by atoms with E-state index in [-0.39, 0.29) is 31.4 Å². The summed E-state index contributed by atoms with van der Waals surface area (Å²) in [6.07, 6.45) is -0.0608. The second-order valence-corrected chi connectivity index (χ2v) is 9.12. The van der Waals surface area contributed by atoms with E-state index in [1.54, 1.807) is 84.9 Å². The van der Waals surface area contributed by atoms with Crippen molar-refractivity contribution in [1.29, 1.82) is 0 Å². The summed E-state index contributed by atoms with van der Waals surface area (Å²) in [5.41, 5.74) is 2.64. The van der Waals surface area contributed by atoms with E-state index in [1.165, 1.54) is 12.1 Å². The highest BCUT2D eigenvalue weighted by Crippen LogP contribution is 2.18. The van der Waals surface area contributed by atoms with E-state index in [4.69, 9.17) is 19.3 Å². The molecule has 208 valence electrons. The SMILES string of the molecule is O=C(O)Cc1ccc(OC(=O)Cc2ccc(OC(=O)Cc3ccc(OC(=O)Cc4ccc(O)cc4)cc3)cc2)cc1. The Labute approximate surface area is 235 Å². The molecule has 0 saturated heterocycles. The maximum Gasteiger partial charge on any atom is 0.315 e. The van der Waals surface area contributed by atoms with Gasteiger partial charge < -0.3 is 24.4 Å². The van der Waals surface area contributed by atoms with Crippen LogP contribution in [0.15, 0.2) is 97.1 Å². The molecular weight excluding hydrogens is 528 g/mol. The fourth-order valence-corrected chi connectivity index (χ4v) is 3.82. The number of hydrogen-bond acceptors (Lipinski definition) is 8. The molecular formula is C32H26O9. The predicted octanol–water partition coefficient (Wildman–Crippen LogP) is 4.46. The Morgan fingerprint density at radius 1 is 0.439 bits per heavy atom. The van der Waals surface area contributed by atoms with Gasteiger partial charge in [0.25, 0.3) is 0 Å². The van der Waals surface area contributed by atoms with Gasteiger partial charge in [-0.05, 0) is 70.8 Å². The number of carbonyl (C=O) groups is 4. The lowest BCUT2D eigenvalue weighted by atomic mass is 10.1. The first-order valence-electron chi connectivity index (χ1n) is 12.6. The maximum atomic E-state index is 12.4. The molecule has 0 unspecified atom stereocenters. The van der Waals surface area contributed by atoms with Crippen LogP contribution in [0.4, 0.5) is 0 Å². The molecule has 0 heterocycles.